The second kappa shape index (κ2) is 5.65. The second-order valence-corrected chi connectivity index (χ2v) is 3.57. The minimum absolute atomic E-state index is 0.150. The monoisotopic (exact) mass is 242 g/mol. The Morgan fingerprint density at radius 3 is 2.31 bits per heavy atom. The number of benzene rings is 1. The van der Waals surface area contributed by atoms with Crippen LogP contribution in [0.3, 0.4) is 0 Å². The number of ether oxygens (including phenoxy) is 3. The van der Waals surface area contributed by atoms with E-state index in [9.17, 15) is 4.79 Å². The Morgan fingerprint density at radius 1 is 1.19 bits per heavy atom. The Kier molecular flexibility index (Phi) is 4.49. The molecule has 0 bridgehead atoms. The largest absolute Gasteiger partial charge is 0.496 e. The van der Waals surface area contributed by atoms with Gasteiger partial charge in [-0.1, -0.05) is 0 Å². The molecule has 0 saturated carbocycles. The Bertz CT molecular complexity index is 390. The van der Waals surface area contributed by atoms with Gasteiger partial charge in [-0.05, 0) is 6.07 Å². The maximum atomic E-state index is 11.2. The van der Waals surface area contributed by atoms with E-state index in [-0.39, 0.29) is 12.4 Å². The van der Waals surface area contributed by atoms with Crippen molar-refractivity contribution >= 4 is 18.6 Å². The number of esters is 1. The van der Waals surface area contributed by atoms with E-state index in [0.717, 1.165) is 5.56 Å². The lowest BCUT2D eigenvalue weighted by Crippen LogP contribution is -2.06. The van der Waals surface area contributed by atoms with Crippen LogP contribution in [0.25, 0.3) is 0 Å². The maximum absolute atomic E-state index is 11.2. The summed E-state index contributed by atoms with van der Waals surface area (Å²) in [6, 6.07) is 3.43. The number of methoxy groups -OCH3 is 3. The van der Waals surface area contributed by atoms with E-state index in [4.69, 9.17) is 9.47 Å². The van der Waals surface area contributed by atoms with Gasteiger partial charge in [-0.3, -0.25) is 4.79 Å². The summed E-state index contributed by atoms with van der Waals surface area (Å²) >= 11 is 4.25. The summed E-state index contributed by atoms with van der Waals surface area (Å²) < 4.78 is 14.9. The third kappa shape index (κ3) is 2.82. The number of hydrogen-bond acceptors (Lipinski definition) is 5. The molecule has 5 heteroatoms. The molecule has 0 aliphatic carbocycles. The van der Waals surface area contributed by atoms with Crippen LogP contribution in [0.5, 0.6) is 11.5 Å². The summed E-state index contributed by atoms with van der Waals surface area (Å²) in [6.45, 7) is 0. The molecule has 0 aliphatic rings. The van der Waals surface area contributed by atoms with E-state index in [2.05, 4.69) is 17.4 Å². The number of carbonyl (C=O) groups is 1. The lowest BCUT2D eigenvalue weighted by molar-refractivity contribution is -0.139. The summed E-state index contributed by atoms with van der Waals surface area (Å²) in [5.41, 5.74) is 0.722. The zero-order valence-corrected chi connectivity index (χ0v) is 10.3. The lowest BCUT2D eigenvalue weighted by atomic mass is 10.1. The molecule has 0 fully saturated rings. The van der Waals surface area contributed by atoms with E-state index in [1.807, 2.05) is 0 Å². The van der Waals surface area contributed by atoms with Crippen molar-refractivity contribution in [3.63, 3.8) is 0 Å². The van der Waals surface area contributed by atoms with Crippen LogP contribution in [0.1, 0.15) is 5.56 Å². The van der Waals surface area contributed by atoms with Gasteiger partial charge in [0.05, 0.1) is 27.8 Å². The van der Waals surface area contributed by atoms with Gasteiger partial charge >= 0.3 is 5.97 Å². The Hall–Kier alpha value is -1.36. The first kappa shape index (κ1) is 12.7. The Morgan fingerprint density at radius 2 is 1.81 bits per heavy atom. The minimum atomic E-state index is -0.323. The molecule has 0 unspecified atom stereocenters. The number of rotatable bonds is 4. The summed E-state index contributed by atoms with van der Waals surface area (Å²) in [5.74, 6) is 0.866. The van der Waals surface area contributed by atoms with Crippen molar-refractivity contribution in [2.24, 2.45) is 0 Å². The minimum Gasteiger partial charge on any atom is -0.496 e. The first-order valence-electron chi connectivity index (χ1n) is 4.63. The third-order valence-corrected chi connectivity index (χ3v) is 2.49. The van der Waals surface area contributed by atoms with Crippen LogP contribution >= 0.6 is 12.6 Å². The van der Waals surface area contributed by atoms with Gasteiger partial charge in [-0.25, -0.2) is 0 Å². The second-order valence-electron chi connectivity index (χ2n) is 3.09. The van der Waals surface area contributed by atoms with Crippen LogP contribution in [-0.4, -0.2) is 27.3 Å². The van der Waals surface area contributed by atoms with Gasteiger partial charge in [0.1, 0.15) is 11.5 Å². The lowest BCUT2D eigenvalue weighted by Gasteiger charge is -2.11. The maximum Gasteiger partial charge on any atom is 0.310 e. The van der Waals surface area contributed by atoms with Gasteiger partial charge in [0, 0.05) is 16.5 Å². The number of carbonyl (C=O) groups excluding carboxylic acids is 1. The normalized spacial score (nSPS) is 9.75. The predicted molar refractivity (Wildman–Crippen MR) is 62.5 cm³/mol. The molecule has 88 valence electrons. The predicted octanol–water partition coefficient (Wildman–Crippen LogP) is 1.71. The average Bonchev–Trinajstić information content (AvgIpc) is 2.29. The van der Waals surface area contributed by atoms with Gasteiger partial charge in [-0.2, -0.15) is 0 Å². The standard InChI is InChI=1S/C11H14O4S/c1-13-8-6-9(14-2)10(16)4-7(8)5-11(12)15-3/h4,6,16H,5H2,1-3H3. The summed E-state index contributed by atoms with van der Waals surface area (Å²) in [7, 11) is 4.43. The average molecular weight is 242 g/mol. The SMILES string of the molecule is COC(=O)Cc1cc(S)c(OC)cc1OC. The molecule has 0 heterocycles. The Labute approximate surface area is 99.9 Å². The molecule has 0 spiro atoms. The zero-order valence-electron chi connectivity index (χ0n) is 9.44. The van der Waals surface area contributed by atoms with Crippen molar-refractivity contribution < 1.29 is 19.0 Å². The molecule has 1 aromatic rings. The van der Waals surface area contributed by atoms with Gasteiger partial charge < -0.3 is 14.2 Å². The van der Waals surface area contributed by atoms with Gasteiger partial charge in [0.25, 0.3) is 0 Å². The molecular weight excluding hydrogens is 228 g/mol. The highest BCUT2D eigenvalue weighted by atomic mass is 32.1. The van der Waals surface area contributed by atoms with Crippen molar-refractivity contribution in [2.75, 3.05) is 21.3 Å². The fourth-order valence-corrected chi connectivity index (χ4v) is 1.62. The molecule has 1 aromatic carbocycles. The van der Waals surface area contributed by atoms with Gasteiger partial charge in [-0.15, -0.1) is 12.6 Å². The summed E-state index contributed by atoms with van der Waals surface area (Å²) in [4.78, 5) is 11.8. The summed E-state index contributed by atoms with van der Waals surface area (Å²) in [6.07, 6.45) is 0.150. The van der Waals surface area contributed by atoms with E-state index in [1.54, 1.807) is 19.2 Å². The highest BCUT2D eigenvalue weighted by Crippen LogP contribution is 2.31. The number of thiol groups is 1. The highest BCUT2D eigenvalue weighted by molar-refractivity contribution is 7.80. The molecule has 0 N–H and O–H groups in total. The van der Waals surface area contributed by atoms with Crippen LogP contribution in [0.2, 0.25) is 0 Å². The molecule has 0 aromatic heterocycles. The van der Waals surface area contributed by atoms with Crippen molar-refractivity contribution in [1.29, 1.82) is 0 Å². The Balaban J connectivity index is 3.08. The highest BCUT2D eigenvalue weighted by Gasteiger charge is 2.12. The quantitative estimate of drug-likeness (QED) is 0.645. The molecule has 0 amide bonds. The van der Waals surface area contributed by atoms with Crippen LogP contribution in [-0.2, 0) is 16.0 Å². The topological polar surface area (TPSA) is 44.8 Å². The zero-order chi connectivity index (χ0) is 12.1. The van der Waals surface area contributed by atoms with E-state index in [0.29, 0.717) is 16.4 Å². The van der Waals surface area contributed by atoms with Crippen LogP contribution in [0.4, 0.5) is 0 Å². The molecule has 16 heavy (non-hydrogen) atoms. The van der Waals surface area contributed by atoms with Gasteiger partial charge in [0.2, 0.25) is 0 Å². The number of hydrogen-bond donors (Lipinski definition) is 1. The molecular formula is C11H14O4S. The van der Waals surface area contributed by atoms with E-state index >= 15 is 0 Å². The van der Waals surface area contributed by atoms with Crippen molar-refractivity contribution in [3.05, 3.63) is 17.7 Å². The molecule has 0 radical (unpaired) electrons. The molecule has 0 atom stereocenters. The molecule has 4 nitrogen and oxygen atoms in total. The fourth-order valence-electron chi connectivity index (χ4n) is 1.31. The smallest absolute Gasteiger partial charge is 0.310 e. The van der Waals surface area contributed by atoms with Crippen LogP contribution < -0.4 is 9.47 Å². The van der Waals surface area contributed by atoms with E-state index in [1.165, 1.54) is 14.2 Å². The molecule has 1 rings (SSSR count). The molecule has 0 aliphatic heterocycles. The van der Waals surface area contributed by atoms with Crippen molar-refractivity contribution in [2.45, 2.75) is 11.3 Å². The van der Waals surface area contributed by atoms with Crippen LogP contribution in [0, 0.1) is 0 Å². The first-order chi connectivity index (χ1) is 7.62. The van der Waals surface area contributed by atoms with Crippen molar-refractivity contribution in [3.8, 4) is 11.5 Å². The molecule has 0 saturated heterocycles. The van der Waals surface area contributed by atoms with Gasteiger partial charge in [0.15, 0.2) is 0 Å². The van der Waals surface area contributed by atoms with Crippen molar-refractivity contribution in [1.82, 2.24) is 0 Å². The third-order valence-electron chi connectivity index (χ3n) is 2.14. The first-order valence-corrected chi connectivity index (χ1v) is 5.07. The van der Waals surface area contributed by atoms with Crippen LogP contribution in [0.15, 0.2) is 17.0 Å². The fraction of sp³-hybridized carbons (Fsp3) is 0.364. The van der Waals surface area contributed by atoms with E-state index < -0.39 is 0 Å². The summed E-state index contributed by atoms with van der Waals surface area (Å²) in [5, 5.41) is 0.